The number of methoxy groups -OCH3 is 10. The van der Waals surface area contributed by atoms with Crippen molar-refractivity contribution in [2.75, 3.05) is 178 Å². The normalized spacial score (nSPS) is 8.86. The number of hydrogen-bond acceptors (Lipinski definition) is 12. The smallest absolute Gasteiger partial charge is 0.0696 e. The van der Waals surface area contributed by atoms with Gasteiger partial charge in [-0.25, -0.2) is 0 Å². The van der Waals surface area contributed by atoms with Crippen molar-refractivity contribution in [1.82, 2.24) is 9.80 Å². The van der Waals surface area contributed by atoms with Crippen LogP contribution in [0.2, 0.25) is 0 Å². The van der Waals surface area contributed by atoms with Gasteiger partial charge in [0.05, 0.1) is 39.6 Å². The minimum absolute atomic E-state index is 0.691. The molecule has 12 heteroatoms. The number of nitrogens with zero attached hydrogens (tertiary/aromatic N) is 2. The summed E-state index contributed by atoms with van der Waals surface area (Å²) in [6, 6.07) is 0. The average Bonchev–Trinajstić information content (AvgIpc) is 3.01. The number of likely N-dealkylation sites (N-methyl/N-ethyl adjacent to an activating group) is 2. The maximum Gasteiger partial charge on any atom is 0.0696 e. The lowest BCUT2D eigenvalue weighted by molar-refractivity contribution is 0.103. The van der Waals surface area contributed by atoms with Crippen molar-refractivity contribution in [1.29, 1.82) is 0 Å². The second-order valence-electron chi connectivity index (χ2n) is 7.87. The van der Waals surface area contributed by atoms with Crippen LogP contribution in [0.4, 0.5) is 0 Å². The number of ether oxygens (including phenoxy) is 10. The van der Waals surface area contributed by atoms with Gasteiger partial charge in [-0.15, -0.1) is 0 Å². The van der Waals surface area contributed by atoms with Crippen molar-refractivity contribution in [2.45, 2.75) is 27.7 Å². The Balaban J connectivity index is -0.0000000531. The predicted molar refractivity (Wildman–Crippen MR) is 179 cm³/mol. The van der Waals surface area contributed by atoms with Gasteiger partial charge in [0, 0.05) is 111 Å². The summed E-state index contributed by atoms with van der Waals surface area (Å²) in [6.07, 6.45) is 0. The van der Waals surface area contributed by atoms with Gasteiger partial charge in [0.25, 0.3) is 0 Å². The summed E-state index contributed by atoms with van der Waals surface area (Å²) in [6.45, 7) is 17.5. The lowest BCUT2D eigenvalue weighted by Gasteiger charge is -2.06. The van der Waals surface area contributed by atoms with E-state index in [1.54, 1.807) is 71.1 Å². The van der Waals surface area contributed by atoms with Crippen molar-refractivity contribution in [3.05, 3.63) is 0 Å². The molecule has 0 aliphatic heterocycles. The highest BCUT2D eigenvalue weighted by Crippen LogP contribution is 1.72. The molecular weight excluding hydrogens is 548 g/mol. The Labute approximate surface area is 263 Å². The molecule has 268 valence electrons. The highest BCUT2D eigenvalue weighted by molar-refractivity contribution is 4.37. The molecule has 0 N–H and O–H groups in total. The standard InChI is InChI=1S/2C5H13NO.2C4H10O2.4C3H8O/c2*1-6(2)4-5-7-3;2*1-5-3-4-6-2;4*1-3-4-2/h2*4-5H2,1-3H3;2*3-4H2,1-2H3;4*3H2,1-2H3. The van der Waals surface area contributed by atoms with Gasteiger partial charge < -0.3 is 57.2 Å². The molecular formula is C30H78N2O10. The van der Waals surface area contributed by atoms with Gasteiger partial charge in [0.15, 0.2) is 0 Å². The van der Waals surface area contributed by atoms with Gasteiger partial charge in [-0.1, -0.05) is 0 Å². The Morgan fingerprint density at radius 3 is 0.476 bits per heavy atom. The van der Waals surface area contributed by atoms with E-state index in [-0.39, 0.29) is 0 Å². The fraction of sp³-hybridized carbons (Fsp3) is 1.00. The van der Waals surface area contributed by atoms with Crippen molar-refractivity contribution in [3.8, 4) is 0 Å². The Morgan fingerprint density at radius 2 is 0.429 bits per heavy atom. The van der Waals surface area contributed by atoms with E-state index in [1.165, 1.54) is 0 Å². The molecule has 0 saturated carbocycles. The second-order valence-corrected chi connectivity index (χ2v) is 7.87. The monoisotopic (exact) mass is 627 g/mol. The maximum atomic E-state index is 4.81. The van der Waals surface area contributed by atoms with Crippen LogP contribution in [0.5, 0.6) is 0 Å². The molecule has 0 aliphatic rings. The lowest BCUT2D eigenvalue weighted by Crippen LogP contribution is -2.16. The number of rotatable bonds is 16. The predicted octanol–water partition coefficient (Wildman–Crippen LogP) is 3.56. The van der Waals surface area contributed by atoms with Crippen molar-refractivity contribution in [2.24, 2.45) is 0 Å². The molecule has 0 amide bonds. The fourth-order valence-corrected chi connectivity index (χ4v) is 0.881. The van der Waals surface area contributed by atoms with E-state index in [0.29, 0.717) is 26.4 Å². The first-order valence-electron chi connectivity index (χ1n) is 14.2. The van der Waals surface area contributed by atoms with Crippen LogP contribution in [0.1, 0.15) is 27.7 Å². The summed E-state index contributed by atoms with van der Waals surface area (Å²) in [5.41, 5.74) is 0. The molecule has 0 unspecified atom stereocenters. The molecule has 0 fully saturated rings. The highest BCUT2D eigenvalue weighted by atomic mass is 16.5. The SMILES string of the molecule is CCOC.CCOC.CCOC.CCOC.COCCN(C)C.COCCN(C)C.COCCOC.COCCOC. The average molecular weight is 627 g/mol. The molecule has 0 aromatic carbocycles. The molecule has 0 saturated heterocycles. The van der Waals surface area contributed by atoms with E-state index in [1.807, 2.05) is 55.9 Å². The van der Waals surface area contributed by atoms with Crippen LogP contribution < -0.4 is 0 Å². The zero-order valence-electron chi connectivity index (χ0n) is 31.5. The molecule has 0 aliphatic carbocycles. The summed E-state index contributed by atoms with van der Waals surface area (Å²) < 4.78 is 46.4. The van der Waals surface area contributed by atoms with Gasteiger partial charge in [-0.3, -0.25) is 0 Å². The maximum absolute atomic E-state index is 4.81. The molecule has 0 radical (unpaired) electrons. The van der Waals surface area contributed by atoms with Crippen LogP contribution in [0.3, 0.4) is 0 Å². The van der Waals surface area contributed by atoms with Crippen LogP contribution in [-0.4, -0.2) is 188 Å². The molecule has 0 aromatic heterocycles. The Morgan fingerprint density at radius 1 is 0.286 bits per heavy atom. The third-order valence-corrected chi connectivity index (χ3v) is 3.62. The van der Waals surface area contributed by atoms with Crippen molar-refractivity contribution in [3.63, 3.8) is 0 Å². The first kappa shape index (κ1) is 60.7. The van der Waals surface area contributed by atoms with Crippen LogP contribution in [0.15, 0.2) is 0 Å². The second kappa shape index (κ2) is 83.6. The molecule has 0 heterocycles. The third-order valence-electron chi connectivity index (χ3n) is 3.62. The van der Waals surface area contributed by atoms with E-state index in [9.17, 15) is 0 Å². The zero-order chi connectivity index (χ0) is 34.7. The van der Waals surface area contributed by atoms with E-state index < -0.39 is 0 Å². The first-order valence-corrected chi connectivity index (χ1v) is 14.2. The topological polar surface area (TPSA) is 98.8 Å². The summed E-state index contributed by atoms with van der Waals surface area (Å²) in [7, 11) is 24.9. The van der Waals surface area contributed by atoms with Gasteiger partial charge in [0.1, 0.15) is 0 Å². The Hall–Kier alpha value is -0.480. The lowest BCUT2D eigenvalue weighted by atomic mass is 10.6. The summed E-state index contributed by atoms with van der Waals surface area (Å²) in [4.78, 5) is 4.17. The summed E-state index contributed by atoms with van der Waals surface area (Å²) in [5.74, 6) is 0. The quantitative estimate of drug-likeness (QED) is 0.234. The Kier molecular flexibility index (Phi) is 121. The molecule has 0 rings (SSSR count). The highest BCUT2D eigenvalue weighted by Gasteiger charge is 1.84. The molecule has 42 heavy (non-hydrogen) atoms. The van der Waals surface area contributed by atoms with Crippen molar-refractivity contribution >= 4 is 0 Å². The van der Waals surface area contributed by atoms with Gasteiger partial charge in [0.2, 0.25) is 0 Å². The number of hydrogen-bond donors (Lipinski definition) is 0. The first-order chi connectivity index (χ1) is 20.0. The fourth-order valence-electron chi connectivity index (χ4n) is 0.881. The largest absolute Gasteiger partial charge is 0.385 e. The summed E-state index contributed by atoms with van der Waals surface area (Å²) >= 11 is 0. The van der Waals surface area contributed by atoms with E-state index in [0.717, 1.165) is 52.7 Å². The minimum atomic E-state index is 0.691. The third kappa shape index (κ3) is 191. The van der Waals surface area contributed by atoms with Gasteiger partial charge in [-0.2, -0.15) is 0 Å². The molecule has 12 nitrogen and oxygen atoms in total. The van der Waals surface area contributed by atoms with Crippen LogP contribution in [0, 0.1) is 0 Å². The molecule has 0 atom stereocenters. The molecule has 0 aromatic rings. The van der Waals surface area contributed by atoms with Crippen molar-refractivity contribution < 1.29 is 47.4 Å². The van der Waals surface area contributed by atoms with E-state index in [2.05, 4.69) is 47.7 Å². The van der Waals surface area contributed by atoms with E-state index >= 15 is 0 Å². The minimum Gasteiger partial charge on any atom is -0.385 e. The van der Waals surface area contributed by atoms with Crippen LogP contribution in [-0.2, 0) is 47.4 Å². The van der Waals surface area contributed by atoms with Crippen LogP contribution >= 0.6 is 0 Å². The Bertz CT molecular complexity index is 257. The summed E-state index contributed by atoms with van der Waals surface area (Å²) in [5, 5.41) is 0. The van der Waals surface area contributed by atoms with Gasteiger partial charge >= 0.3 is 0 Å². The zero-order valence-corrected chi connectivity index (χ0v) is 31.5. The van der Waals surface area contributed by atoms with E-state index in [4.69, 9.17) is 9.47 Å². The van der Waals surface area contributed by atoms with Crippen LogP contribution in [0.25, 0.3) is 0 Å². The van der Waals surface area contributed by atoms with Gasteiger partial charge in [-0.05, 0) is 55.9 Å². The molecule has 0 bridgehead atoms. The molecule has 0 spiro atoms.